The lowest BCUT2D eigenvalue weighted by Gasteiger charge is -2.34. The summed E-state index contributed by atoms with van der Waals surface area (Å²) in [6.07, 6.45) is 0. The highest BCUT2D eigenvalue weighted by molar-refractivity contribution is 7.85. The monoisotopic (exact) mass is 507 g/mol. The van der Waals surface area contributed by atoms with Crippen LogP contribution in [0, 0.1) is 0 Å². The van der Waals surface area contributed by atoms with Crippen LogP contribution in [0.15, 0.2) is 76.5 Å². The van der Waals surface area contributed by atoms with E-state index in [0.717, 1.165) is 25.2 Å². The van der Waals surface area contributed by atoms with E-state index in [1.807, 2.05) is 17.0 Å². The highest BCUT2D eigenvalue weighted by Gasteiger charge is 2.32. The average molecular weight is 508 g/mol. The topological polar surface area (TPSA) is 60.9 Å². The van der Waals surface area contributed by atoms with Crippen LogP contribution in [-0.2, 0) is 17.3 Å². The summed E-state index contributed by atoms with van der Waals surface area (Å²) in [4.78, 5) is 33.9. The van der Waals surface area contributed by atoms with Crippen LogP contribution in [0.4, 0.5) is 5.69 Å². The maximum absolute atomic E-state index is 13.7. The third-order valence-corrected chi connectivity index (χ3v) is 8.37. The van der Waals surface area contributed by atoms with Crippen LogP contribution in [0.3, 0.4) is 0 Å². The Hall–Kier alpha value is -3.00. The molecule has 0 aliphatic carbocycles. The Morgan fingerprint density at radius 3 is 2.37 bits per heavy atom. The van der Waals surface area contributed by atoms with Crippen molar-refractivity contribution in [2.24, 2.45) is 0 Å². The lowest BCUT2D eigenvalue weighted by molar-refractivity contribution is 0.0643. The van der Waals surface area contributed by atoms with E-state index in [1.165, 1.54) is 0 Å². The van der Waals surface area contributed by atoms with Gasteiger partial charge >= 0.3 is 0 Å². The molecule has 0 unspecified atom stereocenters. The van der Waals surface area contributed by atoms with Gasteiger partial charge in [-0.3, -0.25) is 9.59 Å². The lowest BCUT2D eigenvalue weighted by Crippen LogP contribution is -2.48. The number of carbonyl (C=O) groups excluding carboxylic acids is 2. The zero-order chi connectivity index (χ0) is 24.5. The molecule has 3 aromatic carbocycles. The number of rotatable bonds is 4. The fourth-order valence-corrected chi connectivity index (χ4v) is 6.05. The molecule has 0 saturated carbocycles. The second kappa shape index (κ2) is 9.93. The Morgan fingerprint density at radius 1 is 0.943 bits per heavy atom. The summed E-state index contributed by atoms with van der Waals surface area (Å²) in [5.41, 5.74) is 2.27. The Balaban J connectivity index is 1.56. The molecule has 0 spiro atoms. The van der Waals surface area contributed by atoms with Gasteiger partial charge in [-0.15, -0.1) is 0 Å². The molecule has 1 saturated heterocycles. The first-order valence-electron chi connectivity index (χ1n) is 11.7. The molecule has 0 bridgehead atoms. The average Bonchev–Trinajstić information content (AvgIpc) is 2.99. The Kier molecular flexibility index (Phi) is 6.73. The van der Waals surface area contributed by atoms with Crippen LogP contribution in [0.25, 0.3) is 0 Å². The quantitative estimate of drug-likeness (QED) is 0.523. The second-order valence-corrected chi connectivity index (χ2v) is 10.5. The minimum Gasteiger partial charge on any atom is -0.336 e. The van der Waals surface area contributed by atoms with Gasteiger partial charge in [-0.2, -0.15) is 0 Å². The normalized spacial score (nSPS) is 18.1. The SMILES string of the molecule is CCN1CCN(C(=O)c2ccc3c(c2)N(Cc2ccc(Cl)cc2)C(=O)c2ccccc2[S@]3=O)CC1. The number of fused-ring (bicyclic) bond motifs is 2. The van der Waals surface area contributed by atoms with Crippen molar-refractivity contribution in [3.05, 3.63) is 88.4 Å². The molecule has 35 heavy (non-hydrogen) atoms. The van der Waals surface area contributed by atoms with Gasteiger partial charge in [0, 0.05) is 36.8 Å². The first kappa shape index (κ1) is 23.7. The van der Waals surface area contributed by atoms with E-state index in [9.17, 15) is 13.8 Å². The van der Waals surface area contributed by atoms with Gasteiger partial charge in [-0.1, -0.05) is 42.8 Å². The largest absolute Gasteiger partial charge is 0.336 e. The smallest absolute Gasteiger partial charge is 0.259 e. The number of nitrogens with zero attached hydrogens (tertiary/aromatic N) is 3. The summed E-state index contributed by atoms with van der Waals surface area (Å²) < 4.78 is 13.6. The maximum atomic E-state index is 13.7. The molecule has 3 aromatic rings. The zero-order valence-electron chi connectivity index (χ0n) is 19.4. The summed E-state index contributed by atoms with van der Waals surface area (Å²) in [5, 5.41) is 0.610. The van der Waals surface area contributed by atoms with E-state index in [4.69, 9.17) is 11.6 Å². The van der Waals surface area contributed by atoms with Crippen molar-refractivity contribution in [1.82, 2.24) is 9.80 Å². The molecule has 2 aliphatic heterocycles. The first-order chi connectivity index (χ1) is 17.0. The molecule has 0 radical (unpaired) electrons. The number of hydrogen-bond donors (Lipinski definition) is 0. The van der Waals surface area contributed by atoms with Crippen LogP contribution in [0.1, 0.15) is 33.2 Å². The summed E-state index contributed by atoms with van der Waals surface area (Å²) in [6.45, 7) is 6.36. The highest BCUT2D eigenvalue weighted by atomic mass is 35.5. The summed E-state index contributed by atoms with van der Waals surface area (Å²) >= 11 is 6.06. The number of hydrogen-bond acceptors (Lipinski definition) is 4. The first-order valence-corrected chi connectivity index (χ1v) is 13.2. The molecular weight excluding hydrogens is 482 g/mol. The molecule has 0 N–H and O–H groups in total. The van der Waals surface area contributed by atoms with Crippen molar-refractivity contribution < 1.29 is 13.8 Å². The number of amides is 2. The number of likely N-dealkylation sites (N-methyl/N-ethyl adjacent to an activating group) is 1. The zero-order valence-corrected chi connectivity index (χ0v) is 21.0. The molecule has 1 atom stereocenters. The highest BCUT2D eigenvalue weighted by Crippen LogP contribution is 2.36. The Labute approximate surface area is 212 Å². The predicted octanol–water partition coefficient (Wildman–Crippen LogP) is 4.44. The fourth-order valence-electron chi connectivity index (χ4n) is 4.58. The molecule has 180 valence electrons. The summed E-state index contributed by atoms with van der Waals surface area (Å²) in [6, 6.07) is 19.5. The Morgan fingerprint density at radius 2 is 1.66 bits per heavy atom. The number of benzene rings is 3. The van der Waals surface area contributed by atoms with Crippen molar-refractivity contribution in [3.63, 3.8) is 0 Å². The van der Waals surface area contributed by atoms with E-state index in [1.54, 1.807) is 59.5 Å². The third kappa shape index (κ3) is 4.63. The third-order valence-electron chi connectivity index (χ3n) is 6.62. The van der Waals surface area contributed by atoms with Gasteiger partial charge in [-0.05, 0) is 54.6 Å². The van der Waals surface area contributed by atoms with Crippen molar-refractivity contribution in [3.8, 4) is 0 Å². The maximum Gasteiger partial charge on any atom is 0.259 e. The molecular formula is C27H26ClN3O3S. The molecule has 6 nitrogen and oxygen atoms in total. The minimum absolute atomic E-state index is 0.0741. The number of carbonyl (C=O) groups is 2. The molecule has 8 heteroatoms. The second-order valence-electron chi connectivity index (χ2n) is 8.69. The van der Waals surface area contributed by atoms with Gasteiger partial charge < -0.3 is 14.7 Å². The molecule has 2 aliphatic rings. The van der Waals surface area contributed by atoms with Gasteiger partial charge in [0.1, 0.15) is 0 Å². The molecule has 5 rings (SSSR count). The van der Waals surface area contributed by atoms with Gasteiger partial charge in [0.25, 0.3) is 11.8 Å². The van der Waals surface area contributed by atoms with Crippen molar-refractivity contribution in [2.75, 3.05) is 37.6 Å². The number of halogens is 1. The van der Waals surface area contributed by atoms with Crippen LogP contribution in [0.2, 0.25) is 5.02 Å². The van der Waals surface area contributed by atoms with Crippen LogP contribution in [-0.4, -0.2) is 58.5 Å². The van der Waals surface area contributed by atoms with E-state index in [2.05, 4.69) is 11.8 Å². The van der Waals surface area contributed by atoms with E-state index < -0.39 is 10.8 Å². The van der Waals surface area contributed by atoms with Crippen molar-refractivity contribution >= 4 is 39.9 Å². The van der Waals surface area contributed by atoms with Crippen LogP contribution in [0.5, 0.6) is 0 Å². The minimum atomic E-state index is -1.56. The Bertz CT molecular complexity index is 1300. The van der Waals surface area contributed by atoms with E-state index >= 15 is 0 Å². The standard InChI is InChI=1S/C27H26ClN3O3S/c1-2-29-13-15-30(16-14-29)26(32)20-9-12-25-23(17-20)31(18-19-7-10-21(28)11-8-19)27(33)22-5-3-4-6-24(22)35(25)34/h3-12,17H,2,13-16,18H2,1H3/t35-/m1/s1. The van der Waals surface area contributed by atoms with Gasteiger partial charge in [0.2, 0.25) is 0 Å². The summed E-state index contributed by atoms with van der Waals surface area (Å²) in [5.74, 6) is -0.321. The number of piperazine rings is 1. The van der Waals surface area contributed by atoms with Gasteiger partial charge in [0.05, 0.1) is 38.4 Å². The van der Waals surface area contributed by atoms with Crippen LogP contribution >= 0.6 is 11.6 Å². The lowest BCUT2D eigenvalue weighted by atomic mass is 10.1. The van der Waals surface area contributed by atoms with Crippen LogP contribution < -0.4 is 4.90 Å². The van der Waals surface area contributed by atoms with Crippen molar-refractivity contribution in [2.45, 2.75) is 23.3 Å². The predicted molar refractivity (Wildman–Crippen MR) is 138 cm³/mol. The van der Waals surface area contributed by atoms with E-state index in [-0.39, 0.29) is 18.4 Å². The molecule has 2 heterocycles. The fraction of sp³-hybridized carbons (Fsp3) is 0.259. The van der Waals surface area contributed by atoms with E-state index in [0.29, 0.717) is 44.7 Å². The number of anilines is 1. The molecule has 0 aromatic heterocycles. The van der Waals surface area contributed by atoms with Gasteiger partial charge in [-0.25, -0.2) is 4.21 Å². The van der Waals surface area contributed by atoms with Crippen molar-refractivity contribution in [1.29, 1.82) is 0 Å². The molecule has 1 fully saturated rings. The van der Waals surface area contributed by atoms with Gasteiger partial charge in [0.15, 0.2) is 0 Å². The molecule has 2 amide bonds. The summed E-state index contributed by atoms with van der Waals surface area (Å²) in [7, 11) is -1.56.